The van der Waals surface area contributed by atoms with Crippen LogP contribution in [0.5, 0.6) is 0 Å². The number of aliphatic hydroxyl groups excluding tert-OH is 1. The van der Waals surface area contributed by atoms with Crippen molar-refractivity contribution < 1.29 is 5.11 Å². The van der Waals surface area contributed by atoms with E-state index in [9.17, 15) is 5.11 Å². The molecule has 90 valence electrons. The fourth-order valence-corrected chi connectivity index (χ4v) is 1.64. The predicted octanol–water partition coefficient (Wildman–Crippen LogP) is 2.80. The smallest absolute Gasteiger partial charge is 0.0656 e. The molecule has 4 heteroatoms. The van der Waals surface area contributed by atoms with E-state index >= 15 is 0 Å². The first kappa shape index (κ1) is 13.1. The van der Waals surface area contributed by atoms with Crippen molar-refractivity contribution in [3.63, 3.8) is 0 Å². The summed E-state index contributed by atoms with van der Waals surface area (Å²) in [6.45, 7) is 4.68. The predicted molar refractivity (Wildman–Crippen MR) is 70.0 cm³/mol. The van der Waals surface area contributed by atoms with E-state index in [-0.39, 0.29) is 6.10 Å². The van der Waals surface area contributed by atoms with Gasteiger partial charge in [-0.05, 0) is 37.5 Å². The first-order valence-electron chi connectivity index (χ1n) is 5.52. The maximum absolute atomic E-state index is 9.42. The summed E-state index contributed by atoms with van der Waals surface area (Å²) in [7, 11) is 0. The van der Waals surface area contributed by atoms with Gasteiger partial charge in [0.15, 0.2) is 0 Å². The van der Waals surface area contributed by atoms with Gasteiger partial charge in [-0.2, -0.15) is 0 Å². The van der Waals surface area contributed by atoms with Crippen LogP contribution < -0.4 is 11.1 Å². The lowest BCUT2D eigenvalue weighted by atomic mass is 10.1. The monoisotopic (exact) mass is 242 g/mol. The fourth-order valence-electron chi connectivity index (χ4n) is 1.47. The summed E-state index contributed by atoms with van der Waals surface area (Å²) in [4.78, 5) is 0. The van der Waals surface area contributed by atoms with Gasteiger partial charge in [-0.1, -0.05) is 18.5 Å². The Hall–Kier alpha value is -0.930. The Bertz CT molecular complexity index is 355. The molecule has 0 aliphatic carbocycles. The third-order valence-corrected chi connectivity index (χ3v) is 2.94. The minimum atomic E-state index is -0.239. The molecular formula is C12H19ClN2O. The Morgan fingerprint density at radius 1 is 1.50 bits per heavy atom. The van der Waals surface area contributed by atoms with E-state index in [1.54, 1.807) is 0 Å². The number of rotatable bonds is 5. The molecule has 1 aromatic carbocycles. The van der Waals surface area contributed by atoms with Crippen LogP contribution in [0.3, 0.4) is 0 Å². The van der Waals surface area contributed by atoms with Crippen LogP contribution in [0, 0.1) is 6.92 Å². The second-order valence-electron chi connectivity index (χ2n) is 3.97. The van der Waals surface area contributed by atoms with Gasteiger partial charge in [0.2, 0.25) is 0 Å². The molecule has 0 aliphatic rings. The Morgan fingerprint density at radius 2 is 2.19 bits per heavy atom. The number of aliphatic hydroxyl groups is 1. The summed E-state index contributed by atoms with van der Waals surface area (Å²) in [5.74, 6) is 0. The summed E-state index contributed by atoms with van der Waals surface area (Å²) in [5, 5.41) is 13.2. The van der Waals surface area contributed by atoms with Crippen molar-refractivity contribution in [1.82, 2.24) is 0 Å². The molecule has 3 nitrogen and oxygen atoms in total. The molecule has 4 N–H and O–H groups in total. The number of nitrogen functional groups attached to an aromatic ring is 1. The van der Waals surface area contributed by atoms with Crippen LogP contribution >= 0.6 is 11.6 Å². The maximum atomic E-state index is 9.42. The van der Waals surface area contributed by atoms with E-state index < -0.39 is 0 Å². The molecule has 1 atom stereocenters. The lowest BCUT2D eigenvalue weighted by Crippen LogP contribution is -2.12. The molecule has 0 radical (unpaired) electrons. The van der Waals surface area contributed by atoms with Gasteiger partial charge in [-0.15, -0.1) is 0 Å². The summed E-state index contributed by atoms with van der Waals surface area (Å²) in [5.41, 5.74) is 8.32. The zero-order chi connectivity index (χ0) is 12.1. The molecule has 0 bridgehead atoms. The Kier molecular flexibility index (Phi) is 4.90. The molecule has 0 heterocycles. The van der Waals surface area contributed by atoms with Crippen LogP contribution in [-0.2, 0) is 0 Å². The first-order chi connectivity index (χ1) is 7.54. The van der Waals surface area contributed by atoms with Crippen LogP contribution in [0.15, 0.2) is 12.1 Å². The molecule has 1 rings (SSSR count). The molecule has 0 fully saturated rings. The third-order valence-electron chi connectivity index (χ3n) is 2.61. The van der Waals surface area contributed by atoms with Gasteiger partial charge in [0.25, 0.3) is 0 Å². The molecule has 0 aromatic heterocycles. The summed E-state index contributed by atoms with van der Waals surface area (Å²) in [6, 6.07) is 3.67. The number of hydrogen-bond donors (Lipinski definition) is 3. The second-order valence-corrected chi connectivity index (χ2v) is 4.37. The van der Waals surface area contributed by atoms with Crippen molar-refractivity contribution in [2.45, 2.75) is 32.8 Å². The minimum Gasteiger partial charge on any atom is -0.398 e. The van der Waals surface area contributed by atoms with Crippen molar-refractivity contribution in [3.05, 3.63) is 22.7 Å². The van der Waals surface area contributed by atoms with E-state index in [1.807, 2.05) is 26.0 Å². The summed E-state index contributed by atoms with van der Waals surface area (Å²) in [6.07, 6.45) is 1.28. The highest BCUT2D eigenvalue weighted by Crippen LogP contribution is 2.26. The zero-order valence-electron chi connectivity index (χ0n) is 9.76. The number of halogens is 1. The van der Waals surface area contributed by atoms with Crippen molar-refractivity contribution in [3.8, 4) is 0 Å². The highest BCUT2D eigenvalue weighted by molar-refractivity contribution is 6.33. The zero-order valence-corrected chi connectivity index (χ0v) is 10.5. The van der Waals surface area contributed by atoms with Gasteiger partial charge >= 0.3 is 0 Å². The summed E-state index contributed by atoms with van der Waals surface area (Å²) >= 11 is 5.94. The second kappa shape index (κ2) is 5.97. The van der Waals surface area contributed by atoms with Gasteiger partial charge in [0, 0.05) is 12.2 Å². The third kappa shape index (κ3) is 3.58. The van der Waals surface area contributed by atoms with E-state index in [4.69, 9.17) is 17.3 Å². The normalized spacial score (nSPS) is 12.5. The molecule has 0 spiro atoms. The van der Waals surface area contributed by atoms with E-state index in [1.165, 1.54) is 0 Å². The highest BCUT2D eigenvalue weighted by atomic mass is 35.5. The first-order valence-corrected chi connectivity index (χ1v) is 5.90. The number of nitrogens with one attached hydrogen (secondary N) is 1. The van der Waals surface area contributed by atoms with Crippen LogP contribution in [0.4, 0.5) is 11.4 Å². The van der Waals surface area contributed by atoms with Crippen LogP contribution in [0.2, 0.25) is 5.02 Å². The average Bonchev–Trinajstić information content (AvgIpc) is 2.25. The van der Waals surface area contributed by atoms with Crippen LogP contribution in [0.1, 0.15) is 25.3 Å². The largest absolute Gasteiger partial charge is 0.398 e. The standard InChI is InChI=1S/C12H19ClN2O/c1-3-9(16)4-5-15-12-7-10(13)11(14)6-8(12)2/h6-7,9,15-16H,3-5,14H2,1-2H3. The Labute approximate surface area is 102 Å². The van der Waals surface area contributed by atoms with E-state index in [0.29, 0.717) is 10.7 Å². The topological polar surface area (TPSA) is 58.3 Å². The van der Waals surface area contributed by atoms with Crippen LogP contribution in [-0.4, -0.2) is 17.8 Å². The lowest BCUT2D eigenvalue weighted by molar-refractivity contribution is 0.164. The maximum Gasteiger partial charge on any atom is 0.0656 e. The van der Waals surface area contributed by atoms with Gasteiger partial charge < -0.3 is 16.2 Å². The van der Waals surface area contributed by atoms with Crippen LogP contribution in [0.25, 0.3) is 0 Å². The number of nitrogens with two attached hydrogens (primary N) is 1. The fraction of sp³-hybridized carbons (Fsp3) is 0.500. The van der Waals surface area contributed by atoms with Gasteiger partial charge in [0.05, 0.1) is 16.8 Å². The quantitative estimate of drug-likeness (QED) is 0.696. The molecule has 1 unspecified atom stereocenters. The highest BCUT2D eigenvalue weighted by Gasteiger charge is 2.04. The molecule has 0 aliphatic heterocycles. The van der Waals surface area contributed by atoms with E-state index in [2.05, 4.69) is 5.32 Å². The van der Waals surface area contributed by atoms with Crippen molar-refractivity contribution in [1.29, 1.82) is 0 Å². The molecule has 0 saturated heterocycles. The molecular weight excluding hydrogens is 224 g/mol. The molecule has 0 amide bonds. The van der Waals surface area contributed by atoms with Crippen molar-refractivity contribution >= 4 is 23.0 Å². The number of aryl methyl sites for hydroxylation is 1. The molecule has 16 heavy (non-hydrogen) atoms. The average molecular weight is 243 g/mol. The lowest BCUT2D eigenvalue weighted by Gasteiger charge is -2.13. The van der Waals surface area contributed by atoms with Gasteiger partial charge in [-0.25, -0.2) is 0 Å². The number of benzene rings is 1. The van der Waals surface area contributed by atoms with Gasteiger partial charge in [0.1, 0.15) is 0 Å². The SMILES string of the molecule is CCC(O)CCNc1cc(Cl)c(N)cc1C. The number of anilines is 2. The van der Waals surface area contributed by atoms with Crippen molar-refractivity contribution in [2.75, 3.05) is 17.6 Å². The minimum absolute atomic E-state index is 0.239. The van der Waals surface area contributed by atoms with Gasteiger partial charge in [-0.3, -0.25) is 0 Å². The summed E-state index contributed by atoms with van der Waals surface area (Å²) < 4.78 is 0. The van der Waals surface area contributed by atoms with Crippen molar-refractivity contribution in [2.24, 2.45) is 0 Å². The van der Waals surface area contributed by atoms with E-state index in [0.717, 1.165) is 30.6 Å². The number of hydrogen-bond acceptors (Lipinski definition) is 3. The molecule has 0 saturated carbocycles. The Balaban J connectivity index is 2.57. The Morgan fingerprint density at radius 3 is 2.81 bits per heavy atom. The molecule has 1 aromatic rings.